The van der Waals surface area contributed by atoms with E-state index in [0.717, 1.165) is 56.6 Å². The summed E-state index contributed by atoms with van der Waals surface area (Å²) in [6.45, 7) is 9.39. The summed E-state index contributed by atoms with van der Waals surface area (Å²) in [5.41, 5.74) is 1.56. The molecule has 1 aromatic heterocycles. The lowest BCUT2D eigenvalue weighted by atomic mass is 9.87. The largest absolute Gasteiger partial charge is 0.416 e. The van der Waals surface area contributed by atoms with Gasteiger partial charge in [-0.3, -0.25) is 0 Å². The Morgan fingerprint density at radius 2 is 2.03 bits per heavy atom. The predicted octanol–water partition coefficient (Wildman–Crippen LogP) is 4.70. The molecule has 2 fully saturated rings. The fraction of sp³-hybridized carbons (Fsp3) is 0.565. The molecule has 2 aliphatic heterocycles. The number of aliphatic imine (C=N–C) groups is 1. The molecule has 1 unspecified atom stereocenters. The standard InChI is InChI=1S/C23H30F3N5O.HI/c1-4-27-21(30-9-7-22(14-30)8-10-32-15-22)28-13-18-5-6-19(12-20(18)23(24,25)26)31-17(3)11-16(2)29-31;/h5-6,11-12H,4,7-10,13-15H2,1-3H3,(H,27,28);1H. The van der Waals surface area contributed by atoms with Gasteiger partial charge in [-0.15, -0.1) is 24.0 Å². The van der Waals surface area contributed by atoms with E-state index < -0.39 is 11.7 Å². The van der Waals surface area contributed by atoms with Crippen LogP contribution in [0.1, 0.15) is 42.3 Å². The van der Waals surface area contributed by atoms with Gasteiger partial charge in [-0.25, -0.2) is 9.67 Å². The molecule has 6 nitrogen and oxygen atoms in total. The van der Waals surface area contributed by atoms with Gasteiger partial charge in [-0.2, -0.15) is 18.3 Å². The first-order valence-electron chi connectivity index (χ1n) is 11.1. The summed E-state index contributed by atoms with van der Waals surface area (Å²) in [5.74, 6) is 0.659. The van der Waals surface area contributed by atoms with E-state index in [2.05, 4.69) is 20.3 Å². The topological polar surface area (TPSA) is 54.7 Å². The molecule has 10 heteroatoms. The maximum Gasteiger partial charge on any atom is 0.416 e. The highest BCUT2D eigenvalue weighted by atomic mass is 127. The van der Waals surface area contributed by atoms with Crippen molar-refractivity contribution in [1.82, 2.24) is 20.0 Å². The van der Waals surface area contributed by atoms with Crippen molar-refractivity contribution in [3.8, 4) is 5.69 Å². The van der Waals surface area contributed by atoms with Gasteiger partial charge in [-0.1, -0.05) is 6.07 Å². The smallest absolute Gasteiger partial charge is 0.381 e. The van der Waals surface area contributed by atoms with Gasteiger partial charge in [0, 0.05) is 37.4 Å². The summed E-state index contributed by atoms with van der Waals surface area (Å²) in [6.07, 6.45) is -2.44. The normalized spacial score (nSPS) is 21.0. The summed E-state index contributed by atoms with van der Waals surface area (Å²) in [7, 11) is 0. The number of guanidine groups is 1. The van der Waals surface area contributed by atoms with Gasteiger partial charge in [0.1, 0.15) is 0 Å². The zero-order valence-corrected chi connectivity index (χ0v) is 21.5. The lowest BCUT2D eigenvalue weighted by Gasteiger charge is -2.25. The molecule has 0 saturated carbocycles. The Kier molecular flexibility index (Phi) is 7.98. The van der Waals surface area contributed by atoms with Crippen molar-refractivity contribution in [3.05, 3.63) is 46.8 Å². The van der Waals surface area contributed by atoms with Crippen molar-refractivity contribution >= 4 is 29.9 Å². The van der Waals surface area contributed by atoms with E-state index in [4.69, 9.17) is 4.74 Å². The van der Waals surface area contributed by atoms with E-state index in [1.54, 1.807) is 6.07 Å². The zero-order valence-electron chi connectivity index (χ0n) is 19.2. The average Bonchev–Trinajstić information content (AvgIpc) is 3.46. The second-order valence-corrected chi connectivity index (χ2v) is 8.82. The van der Waals surface area contributed by atoms with Crippen molar-refractivity contribution in [1.29, 1.82) is 0 Å². The number of benzene rings is 1. The lowest BCUT2D eigenvalue weighted by molar-refractivity contribution is -0.138. The van der Waals surface area contributed by atoms with Crippen molar-refractivity contribution in [2.24, 2.45) is 10.4 Å². The highest BCUT2D eigenvalue weighted by Gasteiger charge is 2.42. The highest BCUT2D eigenvalue weighted by molar-refractivity contribution is 14.0. The maximum absolute atomic E-state index is 13.9. The Labute approximate surface area is 209 Å². The van der Waals surface area contributed by atoms with Crippen LogP contribution >= 0.6 is 24.0 Å². The molecule has 182 valence electrons. The van der Waals surface area contributed by atoms with Crippen LogP contribution in [-0.4, -0.2) is 53.5 Å². The zero-order chi connectivity index (χ0) is 22.9. The van der Waals surface area contributed by atoms with Crippen molar-refractivity contribution in [2.75, 3.05) is 32.8 Å². The monoisotopic (exact) mass is 577 g/mol. The van der Waals surface area contributed by atoms with Gasteiger partial charge in [0.05, 0.1) is 30.1 Å². The van der Waals surface area contributed by atoms with E-state index in [1.165, 1.54) is 10.7 Å². The van der Waals surface area contributed by atoms with Crippen LogP contribution in [0.15, 0.2) is 29.3 Å². The SMILES string of the molecule is CCNC(=NCc1ccc(-n2nc(C)cc2C)cc1C(F)(F)F)N1CCC2(CCOC2)C1.I. The number of likely N-dealkylation sites (tertiary alicyclic amines) is 1. The fourth-order valence-electron chi connectivity index (χ4n) is 4.66. The van der Waals surface area contributed by atoms with Gasteiger partial charge in [0.2, 0.25) is 0 Å². The van der Waals surface area contributed by atoms with Gasteiger partial charge >= 0.3 is 6.18 Å². The number of rotatable bonds is 4. The second-order valence-electron chi connectivity index (χ2n) is 8.82. The highest BCUT2D eigenvalue weighted by Crippen LogP contribution is 2.38. The predicted molar refractivity (Wildman–Crippen MR) is 132 cm³/mol. The minimum Gasteiger partial charge on any atom is -0.381 e. The van der Waals surface area contributed by atoms with Gasteiger partial charge in [-0.05, 0) is 57.4 Å². The number of hydrogen-bond donors (Lipinski definition) is 1. The first-order valence-corrected chi connectivity index (χ1v) is 11.1. The second kappa shape index (κ2) is 10.2. The van der Waals surface area contributed by atoms with E-state index in [1.807, 2.05) is 26.8 Å². The summed E-state index contributed by atoms with van der Waals surface area (Å²) in [4.78, 5) is 6.74. The van der Waals surface area contributed by atoms with Crippen LogP contribution in [0.4, 0.5) is 13.2 Å². The van der Waals surface area contributed by atoms with Crippen molar-refractivity contribution in [3.63, 3.8) is 0 Å². The Hall–Kier alpha value is -1.82. The van der Waals surface area contributed by atoms with E-state index in [-0.39, 0.29) is 41.5 Å². The number of aromatic nitrogens is 2. The minimum absolute atomic E-state index is 0. The van der Waals surface area contributed by atoms with E-state index >= 15 is 0 Å². The Morgan fingerprint density at radius 1 is 1.24 bits per heavy atom. The first kappa shape index (κ1) is 25.8. The van der Waals surface area contributed by atoms with Crippen LogP contribution in [0.25, 0.3) is 5.69 Å². The van der Waals surface area contributed by atoms with Crippen LogP contribution in [0, 0.1) is 19.3 Å². The summed E-state index contributed by atoms with van der Waals surface area (Å²) < 4.78 is 48.8. The Bertz CT molecular complexity index is 998. The molecule has 2 aliphatic rings. The quantitative estimate of drug-likeness (QED) is 0.325. The van der Waals surface area contributed by atoms with Gasteiger partial charge in [0.15, 0.2) is 5.96 Å². The molecule has 33 heavy (non-hydrogen) atoms. The molecule has 1 aromatic carbocycles. The molecule has 0 radical (unpaired) electrons. The number of aryl methyl sites for hydroxylation is 2. The molecule has 2 aromatic rings. The van der Waals surface area contributed by atoms with Crippen LogP contribution in [-0.2, 0) is 17.5 Å². The number of ether oxygens (including phenoxy) is 1. The van der Waals surface area contributed by atoms with Gasteiger partial charge in [0.25, 0.3) is 0 Å². The number of hydrogen-bond acceptors (Lipinski definition) is 3. The number of nitrogens with zero attached hydrogens (tertiary/aromatic N) is 4. The average molecular weight is 577 g/mol. The summed E-state index contributed by atoms with van der Waals surface area (Å²) in [5, 5.41) is 7.56. The molecular formula is C23H31F3IN5O. The molecule has 2 saturated heterocycles. The van der Waals surface area contributed by atoms with Crippen molar-refractivity contribution in [2.45, 2.75) is 46.3 Å². The number of nitrogens with one attached hydrogen (secondary N) is 1. The first-order chi connectivity index (χ1) is 15.2. The third kappa shape index (κ3) is 5.64. The molecule has 0 aliphatic carbocycles. The summed E-state index contributed by atoms with van der Waals surface area (Å²) >= 11 is 0. The van der Waals surface area contributed by atoms with Crippen LogP contribution < -0.4 is 5.32 Å². The Balaban J connectivity index is 0.00000306. The van der Waals surface area contributed by atoms with Crippen LogP contribution in [0.5, 0.6) is 0 Å². The molecule has 4 rings (SSSR count). The molecule has 0 amide bonds. The number of alkyl halides is 3. The molecule has 1 spiro atoms. The van der Waals surface area contributed by atoms with Gasteiger partial charge < -0.3 is 15.0 Å². The molecule has 1 atom stereocenters. The molecular weight excluding hydrogens is 546 g/mol. The number of halogens is 4. The molecule has 3 heterocycles. The van der Waals surface area contributed by atoms with E-state index in [0.29, 0.717) is 18.2 Å². The minimum atomic E-state index is -4.48. The van der Waals surface area contributed by atoms with Crippen LogP contribution in [0.2, 0.25) is 0 Å². The summed E-state index contributed by atoms with van der Waals surface area (Å²) in [6, 6.07) is 6.19. The molecule has 1 N–H and O–H groups in total. The van der Waals surface area contributed by atoms with E-state index in [9.17, 15) is 13.2 Å². The third-order valence-corrected chi connectivity index (χ3v) is 6.31. The Morgan fingerprint density at radius 3 is 2.64 bits per heavy atom. The fourth-order valence-corrected chi connectivity index (χ4v) is 4.66. The maximum atomic E-state index is 13.9. The third-order valence-electron chi connectivity index (χ3n) is 6.31. The van der Waals surface area contributed by atoms with Crippen LogP contribution in [0.3, 0.4) is 0 Å². The molecule has 0 bridgehead atoms. The van der Waals surface area contributed by atoms with Crippen molar-refractivity contribution < 1.29 is 17.9 Å². The lowest BCUT2D eigenvalue weighted by Crippen LogP contribution is -2.41.